The molecule has 1 heterocycles. The number of hydrogen-bond acceptors (Lipinski definition) is 2. The van der Waals surface area contributed by atoms with Crippen molar-refractivity contribution in [1.82, 2.24) is 0 Å². The van der Waals surface area contributed by atoms with Gasteiger partial charge in [-0.2, -0.15) is 0 Å². The van der Waals surface area contributed by atoms with E-state index in [1.807, 2.05) is 13.0 Å². The van der Waals surface area contributed by atoms with Crippen LogP contribution in [-0.2, 0) is 17.3 Å². The van der Waals surface area contributed by atoms with Crippen LogP contribution in [0.3, 0.4) is 0 Å². The summed E-state index contributed by atoms with van der Waals surface area (Å²) >= 11 is 12.3. The summed E-state index contributed by atoms with van der Waals surface area (Å²) in [5, 5.41) is 3.78. The summed E-state index contributed by atoms with van der Waals surface area (Å²) in [7, 11) is 0. The highest BCUT2D eigenvalue weighted by Crippen LogP contribution is 2.46. The van der Waals surface area contributed by atoms with E-state index < -0.39 is 0 Å². The van der Waals surface area contributed by atoms with E-state index in [-0.39, 0.29) is 22.5 Å². The largest absolute Gasteiger partial charge is 0.456 e. The Kier molecular flexibility index (Phi) is 6.18. The number of rotatable bonds is 4. The predicted octanol–water partition coefficient (Wildman–Crippen LogP) is 8.40. The molecular weight excluding hydrogens is 453 g/mol. The molecule has 3 nitrogen and oxygen atoms in total. The molecule has 5 heteroatoms. The topological polar surface area (TPSA) is 42.2 Å². The first kappa shape index (κ1) is 23.9. The van der Waals surface area contributed by atoms with Crippen LogP contribution in [0.25, 0.3) is 0 Å². The molecule has 0 saturated carbocycles. The van der Waals surface area contributed by atoms with Crippen molar-refractivity contribution in [1.29, 1.82) is 0 Å². The first-order chi connectivity index (χ1) is 15.4. The summed E-state index contributed by atoms with van der Waals surface area (Å²) in [6.07, 6.45) is 3.01. The molecule has 174 valence electrons. The van der Waals surface area contributed by atoms with Gasteiger partial charge in [-0.15, -0.1) is 0 Å². The Bertz CT molecular complexity index is 1210. The third-order valence-electron chi connectivity index (χ3n) is 7.05. The highest BCUT2D eigenvalue weighted by atomic mass is 35.5. The first-order valence-electron chi connectivity index (χ1n) is 11.4. The number of benzene rings is 2. The minimum atomic E-state index is -0.335. The fourth-order valence-electron chi connectivity index (χ4n) is 4.78. The smallest absolute Gasteiger partial charge is 0.291 e. The highest BCUT2D eigenvalue weighted by molar-refractivity contribution is 6.37. The fourth-order valence-corrected chi connectivity index (χ4v) is 5.42. The van der Waals surface area contributed by atoms with E-state index in [4.69, 9.17) is 27.6 Å². The molecule has 33 heavy (non-hydrogen) atoms. The van der Waals surface area contributed by atoms with Crippen molar-refractivity contribution in [3.05, 3.63) is 85.8 Å². The zero-order chi connectivity index (χ0) is 24.1. The van der Waals surface area contributed by atoms with E-state index in [0.717, 1.165) is 11.3 Å². The number of aryl methyl sites for hydroxylation is 2. The molecule has 0 saturated heterocycles. The zero-order valence-corrected chi connectivity index (χ0v) is 21.7. The number of nitrogens with one attached hydrogen (secondary N) is 1. The van der Waals surface area contributed by atoms with Crippen LogP contribution in [0.5, 0.6) is 0 Å². The summed E-state index contributed by atoms with van der Waals surface area (Å²) in [5.41, 5.74) is 7.04. The van der Waals surface area contributed by atoms with Crippen molar-refractivity contribution in [2.75, 3.05) is 5.32 Å². The summed E-state index contributed by atoms with van der Waals surface area (Å²) in [6.45, 7) is 13.4. The normalized spacial score (nSPS) is 16.4. The van der Waals surface area contributed by atoms with Crippen LogP contribution in [-0.4, -0.2) is 5.91 Å². The van der Waals surface area contributed by atoms with Gasteiger partial charge in [-0.3, -0.25) is 4.79 Å². The monoisotopic (exact) mass is 483 g/mol. The van der Waals surface area contributed by atoms with Crippen LogP contribution < -0.4 is 5.32 Å². The van der Waals surface area contributed by atoms with Crippen molar-refractivity contribution in [3.63, 3.8) is 0 Å². The molecule has 1 aliphatic carbocycles. The van der Waals surface area contributed by atoms with Crippen molar-refractivity contribution in [2.45, 2.75) is 71.6 Å². The van der Waals surface area contributed by atoms with E-state index in [0.29, 0.717) is 22.2 Å². The maximum Gasteiger partial charge on any atom is 0.291 e. The molecule has 4 rings (SSSR count). The number of halogens is 2. The summed E-state index contributed by atoms with van der Waals surface area (Å²) in [5.74, 6) is 0.682. The fraction of sp³-hybridized carbons (Fsp3) is 0.393. The minimum Gasteiger partial charge on any atom is -0.456 e. The average molecular weight is 484 g/mol. The van der Waals surface area contributed by atoms with Gasteiger partial charge in [-0.1, -0.05) is 63.0 Å². The van der Waals surface area contributed by atoms with Gasteiger partial charge in [-0.05, 0) is 89.6 Å². The molecule has 3 aromatic rings. The molecule has 0 bridgehead atoms. The lowest BCUT2D eigenvalue weighted by Crippen LogP contribution is -2.34. The lowest BCUT2D eigenvalue weighted by atomic mass is 9.62. The lowest BCUT2D eigenvalue weighted by molar-refractivity contribution is 0.0995. The van der Waals surface area contributed by atoms with E-state index in [1.165, 1.54) is 35.1 Å². The van der Waals surface area contributed by atoms with E-state index in [2.05, 4.69) is 52.1 Å². The molecule has 0 spiro atoms. The van der Waals surface area contributed by atoms with Gasteiger partial charge in [-0.25, -0.2) is 0 Å². The number of amides is 1. The molecule has 0 radical (unpaired) electrons. The second-order valence-corrected chi connectivity index (χ2v) is 11.4. The van der Waals surface area contributed by atoms with E-state index >= 15 is 0 Å². The average Bonchev–Trinajstić information content (AvgIpc) is 3.18. The van der Waals surface area contributed by atoms with Crippen molar-refractivity contribution < 1.29 is 9.21 Å². The Hall–Kier alpha value is -2.23. The van der Waals surface area contributed by atoms with Crippen LogP contribution in [0, 0.1) is 13.8 Å². The number of hydrogen-bond donors (Lipinski definition) is 1. The molecule has 1 amide bonds. The highest BCUT2D eigenvalue weighted by Gasteiger charge is 2.37. The minimum absolute atomic E-state index is 0.150. The summed E-state index contributed by atoms with van der Waals surface area (Å²) in [6, 6.07) is 11.7. The second-order valence-electron chi connectivity index (χ2n) is 10.6. The Labute approximate surface area is 206 Å². The number of carbonyl (C=O) groups is 1. The Morgan fingerprint density at radius 3 is 2.21 bits per heavy atom. The zero-order valence-electron chi connectivity index (χ0n) is 20.2. The van der Waals surface area contributed by atoms with E-state index in [1.54, 1.807) is 18.2 Å². The van der Waals surface area contributed by atoms with Crippen LogP contribution >= 0.6 is 23.2 Å². The van der Waals surface area contributed by atoms with Crippen LogP contribution in [0.15, 0.2) is 40.8 Å². The van der Waals surface area contributed by atoms with Gasteiger partial charge in [0.25, 0.3) is 5.91 Å². The molecule has 1 aromatic heterocycles. The third kappa shape index (κ3) is 4.72. The molecule has 2 aromatic carbocycles. The van der Waals surface area contributed by atoms with E-state index in [9.17, 15) is 4.79 Å². The standard InChI is InChI=1S/C28H31Cl2NO2/c1-16-12-21-22(28(5,6)10-9-27(21,3)4)14-18(16)13-20-7-8-24(33-20)26(32)31-25-17(2)11-19(29)15-23(25)30/h7-8,11-12,14-15H,9-10,13H2,1-6H3,(H,31,32). The van der Waals surface area contributed by atoms with Gasteiger partial charge in [0, 0.05) is 11.4 Å². The Morgan fingerprint density at radius 1 is 0.939 bits per heavy atom. The molecule has 1 N–H and O–H groups in total. The molecular formula is C28H31Cl2NO2. The van der Waals surface area contributed by atoms with Crippen molar-refractivity contribution >= 4 is 34.8 Å². The molecule has 0 unspecified atom stereocenters. The number of anilines is 1. The molecule has 0 atom stereocenters. The molecule has 1 aliphatic rings. The SMILES string of the molecule is Cc1cc2c(cc1Cc1ccc(C(=O)Nc3c(C)cc(Cl)cc3Cl)o1)C(C)(C)CCC2(C)C. The number of carbonyl (C=O) groups excluding carboxylic acids is 1. The van der Waals surface area contributed by atoms with Gasteiger partial charge in [0.15, 0.2) is 5.76 Å². The van der Waals surface area contributed by atoms with Crippen molar-refractivity contribution in [3.8, 4) is 0 Å². The number of furan rings is 1. The van der Waals surface area contributed by atoms with Gasteiger partial charge >= 0.3 is 0 Å². The lowest BCUT2D eigenvalue weighted by Gasteiger charge is -2.42. The Morgan fingerprint density at radius 2 is 1.58 bits per heavy atom. The first-order valence-corrected chi connectivity index (χ1v) is 12.1. The van der Waals surface area contributed by atoms with Gasteiger partial charge in [0.2, 0.25) is 0 Å². The van der Waals surface area contributed by atoms with Gasteiger partial charge < -0.3 is 9.73 Å². The number of fused-ring (bicyclic) bond motifs is 1. The van der Waals surface area contributed by atoms with Crippen LogP contribution in [0.2, 0.25) is 10.0 Å². The van der Waals surface area contributed by atoms with Gasteiger partial charge in [0.05, 0.1) is 10.7 Å². The molecule has 0 aliphatic heterocycles. The third-order valence-corrected chi connectivity index (χ3v) is 7.57. The quantitative estimate of drug-likeness (QED) is 0.404. The summed E-state index contributed by atoms with van der Waals surface area (Å²) < 4.78 is 5.94. The maximum atomic E-state index is 12.8. The van der Waals surface area contributed by atoms with Crippen molar-refractivity contribution in [2.24, 2.45) is 0 Å². The predicted molar refractivity (Wildman–Crippen MR) is 137 cm³/mol. The Balaban J connectivity index is 1.58. The second kappa shape index (κ2) is 8.52. The van der Waals surface area contributed by atoms with Crippen LogP contribution in [0.1, 0.15) is 84.7 Å². The van der Waals surface area contributed by atoms with Gasteiger partial charge in [0.1, 0.15) is 5.76 Å². The maximum absolute atomic E-state index is 12.8. The molecule has 0 fully saturated rings. The van der Waals surface area contributed by atoms with Crippen LogP contribution in [0.4, 0.5) is 5.69 Å². The summed E-state index contributed by atoms with van der Waals surface area (Å²) in [4.78, 5) is 12.8.